The lowest BCUT2D eigenvalue weighted by Gasteiger charge is -2.18. The Bertz CT molecular complexity index is 586. The predicted octanol–water partition coefficient (Wildman–Crippen LogP) is 3.76. The van der Waals surface area contributed by atoms with Gasteiger partial charge in [0.15, 0.2) is 0 Å². The molecule has 2 aromatic rings. The molecule has 1 heterocycles. The van der Waals surface area contributed by atoms with Crippen LogP contribution in [0.3, 0.4) is 0 Å². The number of alkyl halides is 1. The third kappa shape index (κ3) is 3.34. The van der Waals surface area contributed by atoms with Crippen LogP contribution in [-0.4, -0.2) is 36.5 Å². The Morgan fingerprint density at radius 3 is 2.75 bits per heavy atom. The molecule has 0 N–H and O–H groups in total. The average molecular weight is 362 g/mol. The molecule has 2 unspecified atom stereocenters. The molecule has 1 aromatic heterocycles. The minimum atomic E-state index is -0.166. The van der Waals surface area contributed by atoms with Crippen LogP contribution in [0.2, 0.25) is 0 Å². The van der Waals surface area contributed by atoms with Gasteiger partial charge in [0.25, 0.3) is 0 Å². The van der Waals surface area contributed by atoms with E-state index in [1.54, 1.807) is 14.2 Å². The van der Waals surface area contributed by atoms with Crippen molar-refractivity contribution in [3.05, 3.63) is 28.5 Å². The van der Waals surface area contributed by atoms with Gasteiger partial charge in [0.1, 0.15) is 5.82 Å². The summed E-state index contributed by atoms with van der Waals surface area (Å²) in [6.45, 7) is 3.11. The van der Waals surface area contributed by atoms with Crippen molar-refractivity contribution in [1.29, 1.82) is 0 Å². The molecule has 0 saturated carbocycles. The number of ether oxygens (including phenoxy) is 2. The first kappa shape index (κ1) is 15.8. The van der Waals surface area contributed by atoms with Crippen molar-refractivity contribution in [2.45, 2.75) is 24.9 Å². The molecule has 0 radical (unpaired) electrons. The van der Waals surface area contributed by atoms with Crippen molar-refractivity contribution in [2.24, 2.45) is 0 Å². The second-order valence-corrected chi connectivity index (χ2v) is 6.21. The highest BCUT2D eigenvalue weighted by Gasteiger charge is 2.18. The quantitative estimate of drug-likeness (QED) is 0.735. The van der Waals surface area contributed by atoms with E-state index in [1.807, 2.05) is 25.1 Å². The third-order valence-corrected chi connectivity index (χ3v) is 3.86. The topological polar surface area (TPSA) is 36.3 Å². The molecule has 110 valence electrons. The average Bonchev–Trinajstić information content (AvgIpc) is 2.76. The molecule has 0 spiro atoms. The van der Waals surface area contributed by atoms with Crippen molar-refractivity contribution in [2.75, 3.05) is 20.8 Å². The lowest BCUT2D eigenvalue weighted by molar-refractivity contribution is 0.0185. The van der Waals surface area contributed by atoms with E-state index >= 15 is 0 Å². The Balaban J connectivity index is 2.47. The van der Waals surface area contributed by atoms with Crippen molar-refractivity contribution in [1.82, 2.24) is 9.55 Å². The van der Waals surface area contributed by atoms with Gasteiger partial charge in [0.05, 0.1) is 35.7 Å². The first-order chi connectivity index (χ1) is 9.56. The predicted molar refractivity (Wildman–Crippen MR) is 84.4 cm³/mol. The maximum atomic E-state index is 6.26. The fourth-order valence-electron chi connectivity index (χ4n) is 2.19. The zero-order valence-electron chi connectivity index (χ0n) is 11.8. The van der Waals surface area contributed by atoms with Crippen molar-refractivity contribution < 1.29 is 9.47 Å². The summed E-state index contributed by atoms with van der Waals surface area (Å²) in [7, 11) is 3.35. The van der Waals surface area contributed by atoms with E-state index in [0.717, 1.165) is 21.3 Å². The van der Waals surface area contributed by atoms with E-state index in [-0.39, 0.29) is 11.5 Å². The number of rotatable bonds is 6. The minimum Gasteiger partial charge on any atom is -0.382 e. The van der Waals surface area contributed by atoms with Crippen molar-refractivity contribution in [3.63, 3.8) is 0 Å². The van der Waals surface area contributed by atoms with E-state index < -0.39 is 0 Å². The second-order valence-electron chi connectivity index (χ2n) is 4.64. The van der Waals surface area contributed by atoms with Crippen LogP contribution < -0.4 is 0 Å². The molecule has 0 saturated heterocycles. The molecule has 0 fully saturated rings. The standard InChI is InChI=1S/C14H18BrClN2O2/c1-9(16)14-17-12-5-4-10(15)6-13(12)18(14)7-11(20-3)8-19-2/h4-6,9,11H,7-8H2,1-3H3. The summed E-state index contributed by atoms with van der Waals surface area (Å²) in [5.41, 5.74) is 1.97. The molecular weight excluding hydrogens is 344 g/mol. The van der Waals surface area contributed by atoms with Crippen LogP contribution in [0, 0.1) is 0 Å². The van der Waals surface area contributed by atoms with Crippen LogP contribution >= 0.6 is 27.5 Å². The number of halogens is 2. The monoisotopic (exact) mass is 360 g/mol. The summed E-state index contributed by atoms with van der Waals surface area (Å²) in [5.74, 6) is 0.845. The molecule has 1 aromatic carbocycles. The number of nitrogens with zero attached hydrogens (tertiary/aromatic N) is 2. The minimum absolute atomic E-state index is 0.0365. The Morgan fingerprint density at radius 1 is 1.40 bits per heavy atom. The Labute approximate surface area is 132 Å². The van der Waals surface area contributed by atoms with Gasteiger partial charge in [0, 0.05) is 18.7 Å². The molecule has 6 heteroatoms. The highest BCUT2D eigenvalue weighted by Crippen LogP contribution is 2.27. The first-order valence-corrected chi connectivity index (χ1v) is 7.61. The lowest BCUT2D eigenvalue weighted by Crippen LogP contribution is -2.24. The molecule has 0 aliphatic heterocycles. The second kappa shape index (κ2) is 6.89. The first-order valence-electron chi connectivity index (χ1n) is 6.38. The summed E-state index contributed by atoms with van der Waals surface area (Å²) in [5, 5.41) is -0.166. The largest absolute Gasteiger partial charge is 0.382 e. The van der Waals surface area contributed by atoms with Gasteiger partial charge in [-0.1, -0.05) is 15.9 Å². The van der Waals surface area contributed by atoms with Crippen LogP contribution in [0.15, 0.2) is 22.7 Å². The van der Waals surface area contributed by atoms with E-state index in [9.17, 15) is 0 Å². The maximum Gasteiger partial charge on any atom is 0.127 e. The Morgan fingerprint density at radius 2 is 2.15 bits per heavy atom. The molecular formula is C14H18BrClN2O2. The number of hydrogen-bond donors (Lipinski definition) is 0. The van der Waals surface area contributed by atoms with E-state index in [0.29, 0.717) is 13.2 Å². The van der Waals surface area contributed by atoms with Gasteiger partial charge in [-0.25, -0.2) is 4.98 Å². The molecule has 2 atom stereocenters. The van der Waals surface area contributed by atoms with Crippen LogP contribution in [0.25, 0.3) is 11.0 Å². The van der Waals surface area contributed by atoms with Crippen LogP contribution in [0.5, 0.6) is 0 Å². The number of methoxy groups -OCH3 is 2. The van der Waals surface area contributed by atoms with E-state index in [2.05, 4.69) is 25.5 Å². The zero-order valence-corrected chi connectivity index (χ0v) is 14.1. The summed E-state index contributed by atoms with van der Waals surface area (Å²) >= 11 is 9.75. The third-order valence-electron chi connectivity index (χ3n) is 3.17. The van der Waals surface area contributed by atoms with Crippen molar-refractivity contribution >= 4 is 38.6 Å². The van der Waals surface area contributed by atoms with Gasteiger partial charge in [0.2, 0.25) is 0 Å². The number of imidazole rings is 1. The van der Waals surface area contributed by atoms with E-state index in [1.165, 1.54) is 0 Å². The molecule has 0 aliphatic carbocycles. The van der Waals surface area contributed by atoms with E-state index in [4.69, 9.17) is 21.1 Å². The summed E-state index contributed by atoms with van der Waals surface area (Å²) in [4.78, 5) is 4.61. The molecule has 0 aliphatic rings. The van der Waals surface area contributed by atoms with Crippen LogP contribution in [0.1, 0.15) is 18.1 Å². The number of aromatic nitrogens is 2. The molecule has 2 rings (SSSR count). The molecule has 4 nitrogen and oxygen atoms in total. The molecule has 20 heavy (non-hydrogen) atoms. The Hall–Kier alpha value is -0.620. The highest BCUT2D eigenvalue weighted by molar-refractivity contribution is 9.10. The van der Waals surface area contributed by atoms with Crippen LogP contribution in [0.4, 0.5) is 0 Å². The van der Waals surface area contributed by atoms with Crippen molar-refractivity contribution in [3.8, 4) is 0 Å². The molecule has 0 amide bonds. The molecule has 0 bridgehead atoms. The smallest absolute Gasteiger partial charge is 0.127 e. The fraction of sp³-hybridized carbons (Fsp3) is 0.500. The summed E-state index contributed by atoms with van der Waals surface area (Å²) in [6, 6.07) is 6.01. The number of benzene rings is 1. The zero-order chi connectivity index (χ0) is 14.7. The lowest BCUT2D eigenvalue weighted by atomic mass is 10.3. The number of hydrogen-bond acceptors (Lipinski definition) is 3. The van der Waals surface area contributed by atoms with Gasteiger partial charge in [-0.3, -0.25) is 0 Å². The van der Waals surface area contributed by atoms with Gasteiger partial charge in [-0.2, -0.15) is 0 Å². The fourth-order valence-corrected chi connectivity index (χ4v) is 2.71. The van der Waals surface area contributed by atoms with Gasteiger partial charge in [-0.15, -0.1) is 11.6 Å². The number of fused-ring (bicyclic) bond motifs is 1. The maximum absolute atomic E-state index is 6.26. The van der Waals surface area contributed by atoms with Crippen LogP contribution in [-0.2, 0) is 16.0 Å². The Kier molecular flexibility index (Phi) is 5.43. The van der Waals surface area contributed by atoms with Gasteiger partial charge < -0.3 is 14.0 Å². The highest BCUT2D eigenvalue weighted by atomic mass is 79.9. The normalized spacial score (nSPS) is 14.7. The van der Waals surface area contributed by atoms with Gasteiger partial charge in [-0.05, 0) is 25.1 Å². The van der Waals surface area contributed by atoms with Gasteiger partial charge >= 0.3 is 0 Å². The summed E-state index contributed by atoms with van der Waals surface area (Å²) < 4.78 is 13.7. The SMILES string of the molecule is COCC(Cn1c(C(C)Cl)nc2ccc(Br)cc21)OC. The summed E-state index contributed by atoms with van der Waals surface area (Å²) in [6.07, 6.45) is -0.0365.